The molecule has 1 aromatic heterocycles. The van der Waals surface area contributed by atoms with Gasteiger partial charge in [-0.05, 0) is 31.7 Å². The lowest BCUT2D eigenvalue weighted by Crippen LogP contribution is -2.39. The van der Waals surface area contributed by atoms with Crippen LogP contribution in [0.4, 0.5) is 5.69 Å². The molecule has 1 aliphatic carbocycles. The first-order chi connectivity index (χ1) is 13.4. The maximum absolute atomic E-state index is 12.6. The average molecular weight is 403 g/mol. The van der Waals surface area contributed by atoms with E-state index in [2.05, 4.69) is 14.7 Å². The van der Waals surface area contributed by atoms with Crippen LogP contribution in [-0.2, 0) is 10.0 Å². The fourth-order valence-corrected chi connectivity index (χ4v) is 4.54. The van der Waals surface area contributed by atoms with Crippen LogP contribution in [0.2, 0.25) is 0 Å². The van der Waals surface area contributed by atoms with Gasteiger partial charge in [-0.15, -0.1) is 0 Å². The van der Waals surface area contributed by atoms with Crippen LogP contribution >= 0.6 is 0 Å². The SMILES string of the molecule is N#Cc1nccnc1OC1CCC(NS(=O)(=O)c2ccccc2[N+](=O)[O-])CC1. The maximum atomic E-state index is 12.6. The minimum atomic E-state index is -4.02. The Morgan fingerprint density at radius 1 is 1.18 bits per heavy atom. The molecule has 11 heteroatoms. The number of hydrogen-bond donors (Lipinski definition) is 1. The van der Waals surface area contributed by atoms with Crippen molar-refractivity contribution in [1.82, 2.24) is 14.7 Å². The van der Waals surface area contributed by atoms with Crippen molar-refractivity contribution in [2.75, 3.05) is 0 Å². The molecule has 3 rings (SSSR count). The molecule has 0 aliphatic heterocycles. The van der Waals surface area contributed by atoms with Crippen molar-refractivity contribution < 1.29 is 18.1 Å². The van der Waals surface area contributed by atoms with E-state index in [0.29, 0.717) is 25.7 Å². The minimum Gasteiger partial charge on any atom is -0.472 e. The van der Waals surface area contributed by atoms with Gasteiger partial charge >= 0.3 is 0 Å². The molecular formula is C17H17N5O5S. The highest BCUT2D eigenvalue weighted by molar-refractivity contribution is 7.89. The molecule has 10 nitrogen and oxygen atoms in total. The molecule has 0 amide bonds. The number of nitrogens with zero attached hydrogens (tertiary/aromatic N) is 4. The summed E-state index contributed by atoms with van der Waals surface area (Å²) in [5.41, 5.74) is -0.361. The van der Waals surface area contributed by atoms with Gasteiger partial charge in [0, 0.05) is 24.5 Å². The quantitative estimate of drug-likeness (QED) is 0.568. The number of nitriles is 1. The molecule has 0 spiro atoms. The third kappa shape index (κ3) is 4.41. The van der Waals surface area contributed by atoms with Crippen LogP contribution in [-0.4, -0.2) is 35.5 Å². The summed E-state index contributed by atoms with van der Waals surface area (Å²) in [7, 11) is -4.02. The molecular weight excluding hydrogens is 386 g/mol. The van der Waals surface area contributed by atoms with E-state index in [1.807, 2.05) is 6.07 Å². The smallest absolute Gasteiger partial charge is 0.289 e. The van der Waals surface area contributed by atoms with Crippen LogP contribution < -0.4 is 9.46 Å². The summed E-state index contributed by atoms with van der Waals surface area (Å²) in [6.45, 7) is 0. The molecule has 0 saturated heterocycles. The third-order valence-electron chi connectivity index (χ3n) is 4.40. The monoisotopic (exact) mass is 403 g/mol. The van der Waals surface area contributed by atoms with Crippen molar-refractivity contribution >= 4 is 15.7 Å². The molecule has 146 valence electrons. The van der Waals surface area contributed by atoms with E-state index < -0.39 is 20.6 Å². The largest absolute Gasteiger partial charge is 0.472 e. The first kappa shape index (κ1) is 19.7. The Morgan fingerprint density at radius 2 is 1.86 bits per heavy atom. The topological polar surface area (TPSA) is 148 Å². The highest BCUT2D eigenvalue weighted by atomic mass is 32.2. The van der Waals surface area contributed by atoms with Gasteiger partial charge in [-0.1, -0.05) is 12.1 Å². The van der Waals surface area contributed by atoms with Gasteiger partial charge in [0.25, 0.3) is 11.6 Å². The van der Waals surface area contributed by atoms with Crippen molar-refractivity contribution in [1.29, 1.82) is 5.26 Å². The maximum Gasteiger partial charge on any atom is 0.289 e. The predicted octanol–water partition coefficient (Wildman–Crippen LogP) is 1.92. The van der Waals surface area contributed by atoms with Crippen LogP contribution in [0.3, 0.4) is 0 Å². The van der Waals surface area contributed by atoms with E-state index in [0.717, 1.165) is 6.07 Å². The van der Waals surface area contributed by atoms with Gasteiger partial charge in [0.15, 0.2) is 4.90 Å². The molecule has 1 aromatic carbocycles. The Balaban J connectivity index is 1.63. The number of benzene rings is 1. The Kier molecular flexibility index (Phi) is 5.81. The van der Waals surface area contributed by atoms with Crippen LogP contribution in [0.25, 0.3) is 0 Å². The highest BCUT2D eigenvalue weighted by Crippen LogP contribution is 2.27. The van der Waals surface area contributed by atoms with Crippen molar-refractivity contribution in [3.63, 3.8) is 0 Å². The highest BCUT2D eigenvalue weighted by Gasteiger charge is 2.30. The molecule has 1 saturated carbocycles. The van der Waals surface area contributed by atoms with E-state index in [-0.39, 0.29) is 28.6 Å². The zero-order valence-electron chi connectivity index (χ0n) is 14.7. The van der Waals surface area contributed by atoms with Crippen molar-refractivity contribution in [3.8, 4) is 11.9 Å². The summed E-state index contributed by atoms with van der Waals surface area (Å²) in [4.78, 5) is 17.9. The predicted molar refractivity (Wildman–Crippen MR) is 96.8 cm³/mol. The number of nitro benzene ring substituents is 1. The Bertz CT molecular complexity index is 1010. The standard InChI is InChI=1S/C17H17N5O5S/c18-11-14-17(20-10-9-19-14)27-13-7-5-12(6-8-13)21-28(25,26)16-4-2-1-3-15(16)22(23)24/h1-4,9-10,12-13,21H,5-8H2. The Morgan fingerprint density at radius 3 is 2.54 bits per heavy atom. The molecule has 1 aliphatic rings. The first-order valence-electron chi connectivity index (χ1n) is 8.54. The summed E-state index contributed by atoms with van der Waals surface area (Å²) in [6, 6.07) is 6.79. The summed E-state index contributed by atoms with van der Waals surface area (Å²) >= 11 is 0. The van der Waals surface area contributed by atoms with E-state index in [9.17, 15) is 18.5 Å². The van der Waals surface area contributed by atoms with Gasteiger partial charge in [0.05, 0.1) is 4.92 Å². The zero-order valence-corrected chi connectivity index (χ0v) is 15.5. The number of nitro groups is 1. The second-order valence-corrected chi connectivity index (χ2v) is 7.94. The molecule has 2 aromatic rings. The summed E-state index contributed by atoms with van der Waals surface area (Å²) in [5.74, 6) is 0.161. The van der Waals surface area contributed by atoms with Gasteiger partial charge in [-0.25, -0.2) is 23.1 Å². The second-order valence-electron chi connectivity index (χ2n) is 6.26. The molecule has 1 N–H and O–H groups in total. The van der Waals surface area contributed by atoms with Crippen molar-refractivity contribution in [2.24, 2.45) is 0 Å². The first-order valence-corrected chi connectivity index (χ1v) is 10.0. The van der Waals surface area contributed by atoms with E-state index in [4.69, 9.17) is 10.00 Å². The van der Waals surface area contributed by atoms with Gasteiger partial charge in [-0.3, -0.25) is 10.1 Å². The minimum absolute atomic E-state index is 0.0988. The fraction of sp³-hybridized carbons (Fsp3) is 0.353. The number of nitrogens with one attached hydrogen (secondary N) is 1. The van der Waals surface area contributed by atoms with Crippen LogP contribution in [0, 0.1) is 21.4 Å². The molecule has 28 heavy (non-hydrogen) atoms. The number of ether oxygens (including phenoxy) is 1. The average Bonchev–Trinajstić information content (AvgIpc) is 2.69. The normalized spacial score (nSPS) is 19.5. The van der Waals surface area contributed by atoms with E-state index in [1.54, 1.807) is 0 Å². The van der Waals surface area contributed by atoms with Gasteiger partial charge < -0.3 is 4.74 Å². The Labute approximate surface area is 161 Å². The van der Waals surface area contributed by atoms with E-state index >= 15 is 0 Å². The van der Waals surface area contributed by atoms with Crippen molar-refractivity contribution in [2.45, 2.75) is 42.7 Å². The Hall–Kier alpha value is -3.10. The van der Waals surface area contributed by atoms with Gasteiger partial charge in [-0.2, -0.15) is 5.26 Å². The number of para-hydroxylation sites is 1. The second kappa shape index (κ2) is 8.28. The van der Waals surface area contributed by atoms with Crippen molar-refractivity contribution in [3.05, 3.63) is 52.5 Å². The lowest BCUT2D eigenvalue weighted by atomic mass is 9.94. The lowest BCUT2D eigenvalue weighted by Gasteiger charge is -2.29. The summed E-state index contributed by atoms with van der Waals surface area (Å²) < 4.78 is 33.4. The number of aromatic nitrogens is 2. The molecule has 1 heterocycles. The van der Waals surface area contributed by atoms with Gasteiger partial charge in [0.2, 0.25) is 15.7 Å². The number of sulfonamides is 1. The van der Waals surface area contributed by atoms with Crippen LogP contribution in [0.15, 0.2) is 41.6 Å². The molecule has 0 radical (unpaired) electrons. The van der Waals surface area contributed by atoms with E-state index in [1.165, 1.54) is 30.6 Å². The molecule has 0 unspecified atom stereocenters. The molecule has 0 atom stereocenters. The molecule has 0 bridgehead atoms. The lowest BCUT2D eigenvalue weighted by molar-refractivity contribution is -0.387. The summed E-state index contributed by atoms with van der Waals surface area (Å²) in [6.07, 6.45) is 4.70. The summed E-state index contributed by atoms with van der Waals surface area (Å²) in [5, 5.41) is 20.1. The zero-order chi connectivity index (χ0) is 20.1. The third-order valence-corrected chi connectivity index (χ3v) is 5.96. The number of hydrogen-bond acceptors (Lipinski definition) is 8. The van der Waals surface area contributed by atoms with Gasteiger partial charge in [0.1, 0.15) is 12.2 Å². The van der Waals surface area contributed by atoms with Crippen LogP contribution in [0.5, 0.6) is 5.88 Å². The van der Waals surface area contributed by atoms with Crippen LogP contribution in [0.1, 0.15) is 31.4 Å². The molecule has 1 fully saturated rings. The number of rotatable bonds is 6. The fourth-order valence-electron chi connectivity index (χ4n) is 3.06.